The van der Waals surface area contributed by atoms with Crippen molar-refractivity contribution < 1.29 is 0 Å². The topological polar surface area (TPSA) is 28.7 Å². The van der Waals surface area contributed by atoms with Crippen LogP contribution in [0.15, 0.2) is 23.4 Å². The summed E-state index contributed by atoms with van der Waals surface area (Å²) in [4.78, 5) is 7.87. The summed E-state index contributed by atoms with van der Waals surface area (Å²) in [6, 6.07) is 6.47. The van der Waals surface area contributed by atoms with Gasteiger partial charge in [-0.15, -0.1) is 0 Å². The maximum Gasteiger partial charge on any atom is 0.166 e. The summed E-state index contributed by atoms with van der Waals surface area (Å²) in [5.41, 5.74) is 3.56. The zero-order chi connectivity index (χ0) is 10.8. The molecule has 1 aromatic carbocycles. The summed E-state index contributed by atoms with van der Waals surface area (Å²) in [5, 5.41) is 1.02. The smallest absolute Gasteiger partial charge is 0.166 e. The molecule has 0 atom stereocenters. The van der Waals surface area contributed by atoms with E-state index in [1.54, 1.807) is 11.8 Å². The third kappa shape index (κ3) is 2.17. The fourth-order valence-corrected chi connectivity index (χ4v) is 2.18. The summed E-state index contributed by atoms with van der Waals surface area (Å²) >= 11 is 1.75. The monoisotopic (exact) mass is 220 g/mol. The Kier molecular flexibility index (Phi) is 3.00. The number of thioether (sulfide) groups is 1. The van der Waals surface area contributed by atoms with Crippen molar-refractivity contribution in [2.75, 3.05) is 5.75 Å². The molecular weight excluding hydrogens is 204 g/mol. The third-order valence-electron chi connectivity index (χ3n) is 2.43. The highest BCUT2D eigenvalue weighted by molar-refractivity contribution is 7.99. The van der Waals surface area contributed by atoms with Crippen molar-refractivity contribution in [3.63, 3.8) is 0 Å². The minimum Gasteiger partial charge on any atom is -0.333 e. The van der Waals surface area contributed by atoms with Crippen LogP contribution in [0.4, 0.5) is 0 Å². The molecule has 1 aromatic heterocycles. The standard InChI is InChI=1S/C12H16N2S/c1-4-15-12-13-10-6-5-9(8(2)3)7-11(10)14-12/h5-8H,4H2,1-3H3,(H,13,14). The Labute approximate surface area is 94.5 Å². The molecule has 1 heterocycles. The number of hydrogen-bond acceptors (Lipinski definition) is 2. The second kappa shape index (κ2) is 4.27. The van der Waals surface area contributed by atoms with Gasteiger partial charge in [-0.05, 0) is 29.4 Å². The van der Waals surface area contributed by atoms with Crippen LogP contribution < -0.4 is 0 Å². The lowest BCUT2D eigenvalue weighted by atomic mass is 10.0. The molecule has 0 saturated heterocycles. The minimum atomic E-state index is 0.563. The number of H-pyrrole nitrogens is 1. The Morgan fingerprint density at radius 2 is 2.20 bits per heavy atom. The molecule has 80 valence electrons. The van der Waals surface area contributed by atoms with Gasteiger partial charge in [-0.1, -0.05) is 38.6 Å². The van der Waals surface area contributed by atoms with Crippen molar-refractivity contribution >= 4 is 22.8 Å². The first-order valence-electron chi connectivity index (χ1n) is 5.33. The highest BCUT2D eigenvalue weighted by Crippen LogP contribution is 2.23. The molecule has 0 radical (unpaired) electrons. The van der Waals surface area contributed by atoms with Crippen LogP contribution >= 0.6 is 11.8 Å². The van der Waals surface area contributed by atoms with Crippen molar-refractivity contribution in [3.8, 4) is 0 Å². The van der Waals surface area contributed by atoms with E-state index in [9.17, 15) is 0 Å². The van der Waals surface area contributed by atoms with Crippen LogP contribution in [0.5, 0.6) is 0 Å². The number of imidazole rings is 1. The van der Waals surface area contributed by atoms with Crippen molar-refractivity contribution in [2.45, 2.75) is 31.8 Å². The molecular formula is C12H16N2S. The summed E-state index contributed by atoms with van der Waals surface area (Å²) in [5.74, 6) is 1.62. The maximum atomic E-state index is 4.55. The van der Waals surface area contributed by atoms with Gasteiger partial charge in [-0.25, -0.2) is 4.98 Å². The second-order valence-electron chi connectivity index (χ2n) is 3.91. The van der Waals surface area contributed by atoms with Gasteiger partial charge in [0.2, 0.25) is 0 Å². The number of nitrogens with one attached hydrogen (secondary N) is 1. The zero-order valence-electron chi connectivity index (χ0n) is 9.37. The molecule has 0 unspecified atom stereocenters. The van der Waals surface area contributed by atoms with E-state index in [1.165, 1.54) is 5.56 Å². The third-order valence-corrected chi connectivity index (χ3v) is 3.19. The Morgan fingerprint density at radius 1 is 1.40 bits per heavy atom. The van der Waals surface area contributed by atoms with Gasteiger partial charge in [0.05, 0.1) is 11.0 Å². The SMILES string of the molecule is CCSc1nc2cc(C(C)C)ccc2[nH]1. The van der Waals surface area contributed by atoms with Crippen molar-refractivity contribution in [1.82, 2.24) is 9.97 Å². The first-order chi connectivity index (χ1) is 7.20. The lowest BCUT2D eigenvalue weighted by Gasteiger charge is -2.03. The zero-order valence-corrected chi connectivity index (χ0v) is 10.2. The average molecular weight is 220 g/mol. The molecule has 0 spiro atoms. The molecule has 0 aliphatic rings. The van der Waals surface area contributed by atoms with Crippen LogP contribution in [0, 0.1) is 0 Å². The first kappa shape index (κ1) is 10.6. The van der Waals surface area contributed by atoms with Gasteiger partial charge in [0, 0.05) is 0 Å². The first-order valence-corrected chi connectivity index (χ1v) is 6.31. The molecule has 2 aromatic rings. The quantitative estimate of drug-likeness (QED) is 0.797. The number of fused-ring (bicyclic) bond motifs is 1. The van der Waals surface area contributed by atoms with Gasteiger partial charge in [0.15, 0.2) is 5.16 Å². The van der Waals surface area contributed by atoms with E-state index in [0.29, 0.717) is 5.92 Å². The fourth-order valence-electron chi connectivity index (χ4n) is 1.56. The van der Waals surface area contributed by atoms with Crippen molar-refractivity contribution in [3.05, 3.63) is 23.8 Å². The molecule has 3 heteroatoms. The van der Waals surface area contributed by atoms with Crippen LogP contribution in [0.2, 0.25) is 0 Å². The van der Waals surface area contributed by atoms with E-state index in [0.717, 1.165) is 21.9 Å². The van der Waals surface area contributed by atoms with Gasteiger partial charge in [0.1, 0.15) is 0 Å². The van der Waals surface area contributed by atoms with E-state index >= 15 is 0 Å². The predicted molar refractivity (Wildman–Crippen MR) is 66.6 cm³/mol. The number of benzene rings is 1. The van der Waals surface area contributed by atoms with E-state index < -0.39 is 0 Å². The normalized spacial score (nSPS) is 11.5. The van der Waals surface area contributed by atoms with Crippen LogP contribution in [-0.4, -0.2) is 15.7 Å². The van der Waals surface area contributed by atoms with Gasteiger partial charge >= 0.3 is 0 Å². The van der Waals surface area contributed by atoms with Gasteiger partial charge in [0.25, 0.3) is 0 Å². The van der Waals surface area contributed by atoms with E-state index in [1.807, 2.05) is 0 Å². The average Bonchev–Trinajstić information content (AvgIpc) is 2.59. The van der Waals surface area contributed by atoms with E-state index in [2.05, 4.69) is 48.9 Å². The lowest BCUT2D eigenvalue weighted by Crippen LogP contribution is -1.85. The molecule has 0 saturated carbocycles. The van der Waals surface area contributed by atoms with Crippen LogP contribution in [-0.2, 0) is 0 Å². The number of aromatic amines is 1. The summed E-state index contributed by atoms with van der Waals surface area (Å²) in [6.45, 7) is 6.54. The molecule has 0 bridgehead atoms. The molecule has 0 amide bonds. The van der Waals surface area contributed by atoms with Crippen LogP contribution in [0.25, 0.3) is 11.0 Å². The predicted octanol–water partition coefficient (Wildman–Crippen LogP) is 3.80. The highest BCUT2D eigenvalue weighted by atomic mass is 32.2. The molecule has 0 aliphatic carbocycles. The Hall–Kier alpha value is -0.960. The number of rotatable bonds is 3. The summed E-state index contributed by atoms with van der Waals surface area (Å²) in [7, 11) is 0. The number of hydrogen-bond donors (Lipinski definition) is 1. The largest absolute Gasteiger partial charge is 0.333 e. The Morgan fingerprint density at radius 3 is 2.87 bits per heavy atom. The van der Waals surface area contributed by atoms with Gasteiger partial charge in [-0.3, -0.25) is 0 Å². The molecule has 0 fully saturated rings. The van der Waals surface area contributed by atoms with Crippen LogP contribution in [0.1, 0.15) is 32.3 Å². The lowest BCUT2D eigenvalue weighted by molar-refractivity contribution is 0.868. The molecule has 15 heavy (non-hydrogen) atoms. The summed E-state index contributed by atoms with van der Waals surface area (Å²) < 4.78 is 0. The highest BCUT2D eigenvalue weighted by Gasteiger charge is 2.05. The van der Waals surface area contributed by atoms with Crippen molar-refractivity contribution in [1.29, 1.82) is 0 Å². The van der Waals surface area contributed by atoms with E-state index in [-0.39, 0.29) is 0 Å². The van der Waals surface area contributed by atoms with E-state index in [4.69, 9.17) is 0 Å². The number of nitrogens with zero attached hydrogens (tertiary/aromatic N) is 1. The maximum absolute atomic E-state index is 4.55. The Balaban J connectivity index is 2.43. The van der Waals surface area contributed by atoms with Crippen LogP contribution in [0.3, 0.4) is 0 Å². The number of aromatic nitrogens is 2. The molecule has 1 N–H and O–H groups in total. The fraction of sp³-hybridized carbons (Fsp3) is 0.417. The van der Waals surface area contributed by atoms with Gasteiger partial charge in [-0.2, -0.15) is 0 Å². The minimum absolute atomic E-state index is 0.563. The Bertz CT molecular complexity index is 460. The molecule has 0 aliphatic heterocycles. The summed E-state index contributed by atoms with van der Waals surface area (Å²) in [6.07, 6.45) is 0. The molecule has 2 rings (SSSR count). The molecule has 2 nitrogen and oxygen atoms in total. The van der Waals surface area contributed by atoms with Crippen molar-refractivity contribution in [2.24, 2.45) is 0 Å². The second-order valence-corrected chi connectivity index (χ2v) is 5.16. The van der Waals surface area contributed by atoms with Gasteiger partial charge < -0.3 is 4.98 Å².